The lowest BCUT2D eigenvalue weighted by molar-refractivity contribution is 0.0938. The number of hydrogen-bond donors (Lipinski definition) is 2. The standard InChI is InChI=1S/C12H16N4O2/c1-18-8-7-16-6-2-3-11(16)12(17)13-9-10-4-5-14-15-10/h2-6H,7-9H2,1H3,(H,13,17)(H,14,15). The van der Waals surface area contributed by atoms with Gasteiger partial charge in [0.1, 0.15) is 5.69 Å². The van der Waals surface area contributed by atoms with E-state index in [1.807, 2.05) is 22.9 Å². The Labute approximate surface area is 105 Å². The van der Waals surface area contributed by atoms with Crippen LogP contribution < -0.4 is 5.32 Å². The van der Waals surface area contributed by atoms with Gasteiger partial charge < -0.3 is 14.6 Å². The Kier molecular flexibility index (Phi) is 4.14. The number of nitrogens with zero attached hydrogens (tertiary/aromatic N) is 2. The van der Waals surface area contributed by atoms with Crippen molar-refractivity contribution >= 4 is 5.91 Å². The number of rotatable bonds is 6. The molecule has 0 radical (unpaired) electrons. The van der Waals surface area contributed by atoms with Gasteiger partial charge in [-0.3, -0.25) is 9.89 Å². The van der Waals surface area contributed by atoms with Crippen LogP contribution in [0.15, 0.2) is 30.6 Å². The van der Waals surface area contributed by atoms with Crippen LogP contribution in [-0.2, 0) is 17.8 Å². The summed E-state index contributed by atoms with van der Waals surface area (Å²) in [5, 5.41) is 9.45. The van der Waals surface area contributed by atoms with Gasteiger partial charge in [-0.25, -0.2) is 0 Å². The predicted molar refractivity (Wildman–Crippen MR) is 66.1 cm³/mol. The van der Waals surface area contributed by atoms with Crippen molar-refractivity contribution in [3.63, 3.8) is 0 Å². The molecule has 0 aromatic carbocycles. The normalized spacial score (nSPS) is 10.5. The maximum Gasteiger partial charge on any atom is 0.268 e. The van der Waals surface area contributed by atoms with Gasteiger partial charge in [0.25, 0.3) is 5.91 Å². The van der Waals surface area contributed by atoms with Gasteiger partial charge in [0.2, 0.25) is 0 Å². The Bertz CT molecular complexity index is 490. The van der Waals surface area contributed by atoms with E-state index in [1.54, 1.807) is 19.4 Å². The first kappa shape index (κ1) is 12.4. The lowest BCUT2D eigenvalue weighted by Gasteiger charge is -2.08. The van der Waals surface area contributed by atoms with Gasteiger partial charge in [0.15, 0.2) is 0 Å². The fraction of sp³-hybridized carbons (Fsp3) is 0.333. The molecule has 2 heterocycles. The Morgan fingerprint density at radius 2 is 2.44 bits per heavy atom. The summed E-state index contributed by atoms with van der Waals surface area (Å²) in [6.07, 6.45) is 3.52. The van der Waals surface area contributed by atoms with Crippen molar-refractivity contribution in [1.82, 2.24) is 20.1 Å². The lowest BCUT2D eigenvalue weighted by atomic mass is 10.3. The van der Waals surface area contributed by atoms with Crippen LogP contribution in [0.1, 0.15) is 16.2 Å². The molecule has 18 heavy (non-hydrogen) atoms. The SMILES string of the molecule is COCCn1cccc1C(=O)NCc1ccn[nH]1. The number of amides is 1. The molecule has 0 saturated heterocycles. The number of aromatic amines is 1. The highest BCUT2D eigenvalue weighted by Gasteiger charge is 2.10. The van der Waals surface area contributed by atoms with Crippen LogP contribution in [0.25, 0.3) is 0 Å². The number of hydrogen-bond acceptors (Lipinski definition) is 3. The molecule has 0 unspecified atom stereocenters. The van der Waals surface area contributed by atoms with Crippen LogP contribution in [0.4, 0.5) is 0 Å². The van der Waals surface area contributed by atoms with Gasteiger partial charge in [-0.2, -0.15) is 5.10 Å². The first-order valence-electron chi connectivity index (χ1n) is 5.72. The summed E-state index contributed by atoms with van der Waals surface area (Å²) in [6, 6.07) is 5.46. The molecule has 96 valence electrons. The molecule has 0 aliphatic rings. The van der Waals surface area contributed by atoms with Crippen molar-refractivity contribution in [2.45, 2.75) is 13.1 Å². The van der Waals surface area contributed by atoms with Gasteiger partial charge in [-0.05, 0) is 18.2 Å². The van der Waals surface area contributed by atoms with E-state index in [2.05, 4.69) is 15.5 Å². The molecule has 0 aliphatic heterocycles. The van der Waals surface area contributed by atoms with E-state index in [9.17, 15) is 4.79 Å². The van der Waals surface area contributed by atoms with Gasteiger partial charge in [0, 0.05) is 26.0 Å². The fourth-order valence-corrected chi connectivity index (χ4v) is 1.65. The molecule has 2 N–H and O–H groups in total. The number of nitrogens with one attached hydrogen (secondary N) is 2. The highest BCUT2D eigenvalue weighted by molar-refractivity contribution is 5.92. The highest BCUT2D eigenvalue weighted by atomic mass is 16.5. The Morgan fingerprint density at radius 1 is 1.56 bits per heavy atom. The second-order valence-electron chi connectivity index (χ2n) is 3.84. The Morgan fingerprint density at radius 3 is 3.17 bits per heavy atom. The van der Waals surface area contributed by atoms with Crippen LogP contribution in [-0.4, -0.2) is 34.4 Å². The largest absolute Gasteiger partial charge is 0.383 e. The summed E-state index contributed by atoms with van der Waals surface area (Å²) in [5.74, 6) is -0.106. The number of carbonyl (C=O) groups is 1. The minimum Gasteiger partial charge on any atom is -0.383 e. The molecule has 1 amide bonds. The Balaban J connectivity index is 1.94. The first-order valence-corrected chi connectivity index (χ1v) is 5.72. The van der Waals surface area contributed by atoms with Crippen LogP contribution in [0.5, 0.6) is 0 Å². The summed E-state index contributed by atoms with van der Waals surface area (Å²) in [5.41, 5.74) is 1.50. The third-order valence-electron chi connectivity index (χ3n) is 2.60. The summed E-state index contributed by atoms with van der Waals surface area (Å²) >= 11 is 0. The number of aromatic nitrogens is 3. The minimum atomic E-state index is -0.106. The maximum absolute atomic E-state index is 12.0. The molecule has 2 aromatic rings. The second kappa shape index (κ2) is 6.02. The van der Waals surface area contributed by atoms with E-state index in [1.165, 1.54) is 0 Å². The van der Waals surface area contributed by atoms with Crippen molar-refractivity contribution in [2.24, 2.45) is 0 Å². The Hall–Kier alpha value is -2.08. The fourth-order valence-electron chi connectivity index (χ4n) is 1.65. The molecule has 6 nitrogen and oxygen atoms in total. The summed E-state index contributed by atoms with van der Waals surface area (Å²) in [4.78, 5) is 12.0. The smallest absolute Gasteiger partial charge is 0.268 e. The molecule has 0 saturated carbocycles. The van der Waals surface area contributed by atoms with Crippen LogP contribution in [0.3, 0.4) is 0 Å². The lowest BCUT2D eigenvalue weighted by Crippen LogP contribution is -2.26. The van der Waals surface area contributed by atoms with Crippen molar-refractivity contribution in [2.75, 3.05) is 13.7 Å². The molecular weight excluding hydrogens is 232 g/mol. The number of H-pyrrole nitrogens is 1. The van der Waals surface area contributed by atoms with Crippen molar-refractivity contribution < 1.29 is 9.53 Å². The average molecular weight is 248 g/mol. The quantitative estimate of drug-likeness (QED) is 0.793. The van der Waals surface area contributed by atoms with Crippen LogP contribution in [0, 0.1) is 0 Å². The number of methoxy groups -OCH3 is 1. The molecular formula is C12H16N4O2. The molecule has 2 rings (SSSR count). The number of ether oxygens (including phenoxy) is 1. The third kappa shape index (κ3) is 2.98. The van der Waals surface area contributed by atoms with E-state index in [-0.39, 0.29) is 5.91 Å². The molecule has 6 heteroatoms. The summed E-state index contributed by atoms with van der Waals surface area (Å²) in [7, 11) is 1.64. The van der Waals surface area contributed by atoms with Gasteiger partial charge in [-0.1, -0.05) is 0 Å². The van der Waals surface area contributed by atoms with Crippen molar-refractivity contribution in [1.29, 1.82) is 0 Å². The summed E-state index contributed by atoms with van der Waals surface area (Å²) in [6.45, 7) is 1.68. The minimum absolute atomic E-state index is 0.106. The molecule has 0 spiro atoms. The molecule has 0 aliphatic carbocycles. The van der Waals surface area contributed by atoms with Gasteiger partial charge in [0.05, 0.1) is 18.8 Å². The average Bonchev–Trinajstić information content (AvgIpc) is 3.04. The molecule has 2 aromatic heterocycles. The molecule has 0 bridgehead atoms. The summed E-state index contributed by atoms with van der Waals surface area (Å²) < 4.78 is 6.87. The van der Waals surface area contributed by atoms with E-state index in [0.29, 0.717) is 25.4 Å². The predicted octanol–water partition coefficient (Wildman–Crippen LogP) is 0.788. The van der Waals surface area contributed by atoms with Gasteiger partial charge >= 0.3 is 0 Å². The third-order valence-corrected chi connectivity index (χ3v) is 2.60. The number of carbonyl (C=O) groups excluding carboxylic acids is 1. The van der Waals surface area contributed by atoms with E-state index < -0.39 is 0 Å². The van der Waals surface area contributed by atoms with E-state index in [0.717, 1.165) is 5.69 Å². The molecule has 0 atom stereocenters. The van der Waals surface area contributed by atoms with Gasteiger partial charge in [-0.15, -0.1) is 0 Å². The second-order valence-corrected chi connectivity index (χ2v) is 3.84. The first-order chi connectivity index (χ1) is 8.81. The van der Waals surface area contributed by atoms with E-state index in [4.69, 9.17) is 4.74 Å². The monoisotopic (exact) mass is 248 g/mol. The highest BCUT2D eigenvalue weighted by Crippen LogP contribution is 2.03. The van der Waals surface area contributed by atoms with Crippen LogP contribution >= 0.6 is 0 Å². The maximum atomic E-state index is 12.0. The molecule has 0 fully saturated rings. The zero-order valence-electron chi connectivity index (χ0n) is 10.2. The van der Waals surface area contributed by atoms with Crippen LogP contribution in [0.2, 0.25) is 0 Å². The van der Waals surface area contributed by atoms with E-state index >= 15 is 0 Å². The van der Waals surface area contributed by atoms with Crippen molar-refractivity contribution in [3.8, 4) is 0 Å². The zero-order chi connectivity index (χ0) is 12.8. The van der Waals surface area contributed by atoms with Crippen molar-refractivity contribution in [3.05, 3.63) is 42.0 Å². The zero-order valence-corrected chi connectivity index (χ0v) is 10.2. The topological polar surface area (TPSA) is 71.9 Å².